The molecule has 1 heterocycles. The second-order valence-corrected chi connectivity index (χ2v) is 5.58. The van der Waals surface area contributed by atoms with Crippen LogP contribution in [-0.2, 0) is 6.42 Å². The standard InChI is InChI=1S/C16H22N2O/c1-2-18(14-5-3-4-6-14)16(19)13-7-8-15-12(11-13)9-10-17-15/h7-8,11,14,17H,2-6,9-10H2,1H3. The molecular formula is C16H22N2O. The van der Waals surface area contributed by atoms with E-state index in [0.717, 1.165) is 25.1 Å². The molecule has 1 saturated carbocycles. The summed E-state index contributed by atoms with van der Waals surface area (Å²) < 4.78 is 0. The molecule has 3 heteroatoms. The summed E-state index contributed by atoms with van der Waals surface area (Å²) in [5, 5.41) is 3.34. The van der Waals surface area contributed by atoms with Gasteiger partial charge in [-0.3, -0.25) is 4.79 Å². The van der Waals surface area contributed by atoms with Crippen LogP contribution < -0.4 is 5.32 Å². The van der Waals surface area contributed by atoms with E-state index in [9.17, 15) is 4.79 Å². The topological polar surface area (TPSA) is 32.3 Å². The summed E-state index contributed by atoms with van der Waals surface area (Å²) in [4.78, 5) is 14.7. The molecule has 102 valence electrons. The smallest absolute Gasteiger partial charge is 0.254 e. The number of fused-ring (bicyclic) bond motifs is 1. The lowest BCUT2D eigenvalue weighted by molar-refractivity contribution is 0.0693. The molecule has 1 aromatic carbocycles. The molecule has 1 aliphatic carbocycles. The van der Waals surface area contributed by atoms with Gasteiger partial charge >= 0.3 is 0 Å². The largest absolute Gasteiger partial charge is 0.384 e. The number of hydrogen-bond acceptors (Lipinski definition) is 2. The van der Waals surface area contributed by atoms with Crippen molar-refractivity contribution in [2.45, 2.75) is 45.1 Å². The van der Waals surface area contributed by atoms with Gasteiger partial charge in [-0.1, -0.05) is 12.8 Å². The Hall–Kier alpha value is -1.51. The third kappa shape index (κ3) is 2.34. The van der Waals surface area contributed by atoms with Crippen molar-refractivity contribution in [2.75, 3.05) is 18.4 Å². The number of nitrogens with zero attached hydrogens (tertiary/aromatic N) is 1. The molecule has 0 bridgehead atoms. The SMILES string of the molecule is CCN(C(=O)c1ccc2c(c1)CCN2)C1CCCC1. The first-order valence-electron chi connectivity index (χ1n) is 7.47. The fraction of sp³-hybridized carbons (Fsp3) is 0.562. The maximum atomic E-state index is 12.7. The predicted molar refractivity (Wildman–Crippen MR) is 77.6 cm³/mol. The highest BCUT2D eigenvalue weighted by atomic mass is 16.2. The number of carbonyl (C=O) groups is 1. The molecule has 1 N–H and O–H groups in total. The Bertz CT molecular complexity index is 478. The number of benzene rings is 1. The third-order valence-corrected chi connectivity index (χ3v) is 4.43. The maximum absolute atomic E-state index is 12.7. The zero-order valence-electron chi connectivity index (χ0n) is 11.6. The van der Waals surface area contributed by atoms with E-state index in [0.29, 0.717) is 6.04 Å². The molecule has 3 nitrogen and oxygen atoms in total. The molecule has 2 aliphatic rings. The fourth-order valence-electron chi connectivity index (χ4n) is 3.39. The molecule has 0 unspecified atom stereocenters. The Balaban J connectivity index is 1.81. The summed E-state index contributed by atoms with van der Waals surface area (Å²) in [7, 11) is 0. The second-order valence-electron chi connectivity index (χ2n) is 5.58. The summed E-state index contributed by atoms with van der Waals surface area (Å²) in [6.07, 6.45) is 5.91. The molecule has 1 amide bonds. The molecule has 0 saturated heterocycles. The minimum Gasteiger partial charge on any atom is -0.384 e. The Morgan fingerprint density at radius 3 is 2.89 bits per heavy atom. The monoisotopic (exact) mass is 258 g/mol. The van der Waals surface area contributed by atoms with Crippen LogP contribution in [0.25, 0.3) is 0 Å². The van der Waals surface area contributed by atoms with Gasteiger partial charge in [-0.25, -0.2) is 0 Å². The summed E-state index contributed by atoms with van der Waals surface area (Å²) in [6.45, 7) is 3.90. The molecule has 0 atom stereocenters. The van der Waals surface area contributed by atoms with Crippen molar-refractivity contribution in [2.24, 2.45) is 0 Å². The summed E-state index contributed by atoms with van der Waals surface area (Å²) >= 11 is 0. The lowest BCUT2D eigenvalue weighted by atomic mass is 10.1. The van der Waals surface area contributed by atoms with Gasteiger partial charge in [0.05, 0.1) is 0 Å². The molecule has 0 radical (unpaired) electrons. The molecule has 1 aliphatic heterocycles. The van der Waals surface area contributed by atoms with E-state index >= 15 is 0 Å². The summed E-state index contributed by atoms with van der Waals surface area (Å²) in [5.74, 6) is 0.212. The second kappa shape index (κ2) is 5.24. The minimum absolute atomic E-state index is 0.212. The van der Waals surface area contributed by atoms with E-state index in [4.69, 9.17) is 0 Å². The summed E-state index contributed by atoms with van der Waals surface area (Å²) in [6, 6.07) is 6.56. The molecule has 0 spiro atoms. The number of amides is 1. The minimum atomic E-state index is 0.212. The number of carbonyl (C=O) groups excluding carboxylic acids is 1. The van der Waals surface area contributed by atoms with E-state index in [1.807, 2.05) is 6.07 Å². The number of hydrogen-bond donors (Lipinski definition) is 1. The highest BCUT2D eigenvalue weighted by Crippen LogP contribution is 2.27. The van der Waals surface area contributed by atoms with E-state index in [2.05, 4.69) is 29.3 Å². The Morgan fingerprint density at radius 1 is 1.37 bits per heavy atom. The van der Waals surface area contributed by atoms with Gasteiger partial charge in [-0.15, -0.1) is 0 Å². The number of anilines is 1. The fourth-order valence-corrected chi connectivity index (χ4v) is 3.39. The van der Waals surface area contributed by atoms with Crippen molar-refractivity contribution in [3.05, 3.63) is 29.3 Å². The Morgan fingerprint density at radius 2 is 2.16 bits per heavy atom. The van der Waals surface area contributed by atoms with Crippen LogP contribution in [0.4, 0.5) is 5.69 Å². The third-order valence-electron chi connectivity index (χ3n) is 4.43. The van der Waals surface area contributed by atoms with Crippen molar-refractivity contribution in [3.63, 3.8) is 0 Å². The van der Waals surface area contributed by atoms with Crippen molar-refractivity contribution in [3.8, 4) is 0 Å². The van der Waals surface area contributed by atoms with E-state index in [1.165, 1.54) is 36.9 Å². The van der Waals surface area contributed by atoms with Gasteiger partial charge < -0.3 is 10.2 Å². The zero-order chi connectivity index (χ0) is 13.2. The van der Waals surface area contributed by atoms with Crippen LogP contribution in [0.15, 0.2) is 18.2 Å². The predicted octanol–water partition coefficient (Wildman–Crippen LogP) is 3.06. The van der Waals surface area contributed by atoms with Crippen molar-refractivity contribution < 1.29 is 4.79 Å². The first-order chi connectivity index (χ1) is 9.29. The average molecular weight is 258 g/mol. The molecule has 19 heavy (non-hydrogen) atoms. The first-order valence-corrected chi connectivity index (χ1v) is 7.47. The van der Waals surface area contributed by atoms with Gasteiger partial charge in [0.15, 0.2) is 0 Å². The van der Waals surface area contributed by atoms with Crippen LogP contribution in [0.5, 0.6) is 0 Å². The quantitative estimate of drug-likeness (QED) is 0.903. The van der Waals surface area contributed by atoms with Crippen LogP contribution >= 0.6 is 0 Å². The lowest BCUT2D eigenvalue weighted by Crippen LogP contribution is -2.38. The highest BCUT2D eigenvalue weighted by molar-refractivity contribution is 5.95. The lowest BCUT2D eigenvalue weighted by Gasteiger charge is -2.28. The van der Waals surface area contributed by atoms with Gasteiger partial charge in [0.2, 0.25) is 0 Å². The average Bonchev–Trinajstić information content (AvgIpc) is 3.09. The first kappa shape index (κ1) is 12.5. The van der Waals surface area contributed by atoms with E-state index in [-0.39, 0.29) is 5.91 Å². The Kier molecular flexibility index (Phi) is 3.45. The van der Waals surface area contributed by atoms with Crippen LogP contribution in [-0.4, -0.2) is 29.9 Å². The Labute approximate surface area is 115 Å². The van der Waals surface area contributed by atoms with Gasteiger partial charge in [0.25, 0.3) is 5.91 Å². The molecule has 1 aromatic rings. The van der Waals surface area contributed by atoms with Crippen molar-refractivity contribution in [1.29, 1.82) is 0 Å². The molecular weight excluding hydrogens is 236 g/mol. The van der Waals surface area contributed by atoms with Crippen LogP contribution in [0.1, 0.15) is 48.5 Å². The normalized spacial score (nSPS) is 18.2. The van der Waals surface area contributed by atoms with Gasteiger partial charge in [-0.2, -0.15) is 0 Å². The zero-order valence-corrected chi connectivity index (χ0v) is 11.6. The van der Waals surface area contributed by atoms with Crippen molar-refractivity contribution in [1.82, 2.24) is 4.90 Å². The van der Waals surface area contributed by atoms with E-state index < -0.39 is 0 Å². The van der Waals surface area contributed by atoms with Gasteiger partial charge in [0, 0.05) is 30.4 Å². The van der Waals surface area contributed by atoms with Gasteiger partial charge in [0.1, 0.15) is 0 Å². The molecule has 1 fully saturated rings. The van der Waals surface area contributed by atoms with Crippen LogP contribution in [0.2, 0.25) is 0 Å². The number of rotatable bonds is 3. The van der Waals surface area contributed by atoms with Crippen molar-refractivity contribution >= 4 is 11.6 Å². The van der Waals surface area contributed by atoms with Crippen LogP contribution in [0, 0.1) is 0 Å². The number of nitrogens with one attached hydrogen (secondary N) is 1. The highest BCUT2D eigenvalue weighted by Gasteiger charge is 2.26. The van der Waals surface area contributed by atoms with Gasteiger partial charge in [-0.05, 0) is 49.9 Å². The van der Waals surface area contributed by atoms with Crippen LogP contribution in [0.3, 0.4) is 0 Å². The maximum Gasteiger partial charge on any atom is 0.254 e. The molecule has 3 rings (SSSR count). The summed E-state index contributed by atoms with van der Waals surface area (Å²) in [5.41, 5.74) is 3.34. The molecule has 0 aromatic heterocycles. The van der Waals surface area contributed by atoms with E-state index in [1.54, 1.807) is 0 Å².